The fourth-order valence-corrected chi connectivity index (χ4v) is 4.92. The Kier molecular flexibility index (Phi) is 7.91. The molecular weight excluding hydrogens is 480 g/mol. The summed E-state index contributed by atoms with van der Waals surface area (Å²) in [5.74, 6) is -2.53. The Morgan fingerprint density at radius 3 is 1.58 bits per heavy atom. The van der Waals surface area contributed by atoms with E-state index in [1.807, 2.05) is 24.3 Å². The van der Waals surface area contributed by atoms with Crippen LogP contribution in [-0.4, -0.2) is 23.5 Å². The van der Waals surface area contributed by atoms with E-state index in [2.05, 4.69) is 27.7 Å². The first-order valence-electron chi connectivity index (χ1n) is 12.9. The second kappa shape index (κ2) is 11.1. The van der Waals surface area contributed by atoms with Gasteiger partial charge in [0.2, 0.25) is 5.41 Å². The number of hydrogen-bond acceptors (Lipinski definition) is 6. The molecule has 6 heteroatoms. The normalized spacial score (nSPS) is 14.1. The van der Waals surface area contributed by atoms with Crippen LogP contribution in [0.15, 0.2) is 72.8 Å². The molecule has 0 aliphatic heterocycles. The molecular formula is C32H32O6. The molecule has 0 unspecified atom stereocenters. The fraction of sp³-hybridized carbons (Fsp3) is 0.312. The van der Waals surface area contributed by atoms with E-state index in [0.717, 1.165) is 24.0 Å². The van der Waals surface area contributed by atoms with Crippen molar-refractivity contribution in [1.29, 1.82) is 0 Å². The lowest BCUT2D eigenvalue weighted by molar-refractivity contribution is -0.260. The molecule has 1 aliphatic rings. The molecule has 3 aromatic rings. The summed E-state index contributed by atoms with van der Waals surface area (Å²) in [5.41, 5.74) is 1.02. The Bertz CT molecular complexity index is 1310. The van der Waals surface area contributed by atoms with E-state index in [1.54, 1.807) is 36.4 Å². The summed E-state index contributed by atoms with van der Waals surface area (Å²) in [7, 11) is 0. The number of fused-ring (bicyclic) bond motifs is 1. The van der Waals surface area contributed by atoms with Gasteiger partial charge in [-0.15, -0.1) is 0 Å². The zero-order valence-corrected chi connectivity index (χ0v) is 22.2. The molecule has 0 amide bonds. The first-order valence-corrected chi connectivity index (χ1v) is 12.9. The minimum absolute atomic E-state index is 0.131. The molecule has 6 nitrogen and oxygen atoms in total. The van der Waals surface area contributed by atoms with Gasteiger partial charge in [0.25, 0.3) is 0 Å². The van der Waals surface area contributed by atoms with Gasteiger partial charge in [-0.1, -0.05) is 100 Å². The molecule has 0 N–H and O–H groups in total. The van der Waals surface area contributed by atoms with Crippen LogP contribution in [0.3, 0.4) is 0 Å². The van der Waals surface area contributed by atoms with Crippen LogP contribution in [0, 0.1) is 11.8 Å². The first-order chi connectivity index (χ1) is 18.1. The van der Waals surface area contributed by atoms with Crippen molar-refractivity contribution in [2.24, 2.45) is 11.8 Å². The average Bonchev–Trinajstić information content (AvgIpc) is 3.11. The van der Waals surface area contributed by atoms with Gasteiger partial charge in [0.1, 0.15) is 0 Å². The van der Waals surface area contributed by atoms with E-state index in [9.17, 15) is 19.2 Å². The van der Waals surface area contributed by atoms with Crippen molar-refractivity contribution in [2.45, 2.75) is 52.4 Å². The second-order valence-electron chi connectivity index (χ2n) is 10.7. The number of Topliss-reactive ketones (excluding diaryl/α,β-unsaturated/α-hetero) is 2. The lowest BCUT2D eigenvalue weighted by Crippen LogP contribution is -2.47. The van der Waals surface area contributed by atoms with Gasteiger partial charge in [-0.3, -0.25) is 9.59 Å². The SMILES string of the molecule is CC(C)Cc1ccc(CC(=O)OOC(=O)C2(c3ccc(CC(C)C)cc3)C(=O)c3ccccc3C2=O)cc1. The quantitative estimate of drug-likeness (QED) is 0.220. The number of benzene rings is 3. The van der Waals surface area contributed by atoms with Gasteiger partial charge < -0.3 is 0 Å². The van der Waals surface area contributed by atoms with Crippen LogP contribution < -0.4 is 0 Å². The predicted octanol–water partition coefficient (Wildman–Crippen LogP) is 5.64. The molecule has 4 rings (SSSR count). The Balaban J connectivity index is 1.56. The fourth-order valence-electron chi connectivity index (χ4n) is 4.92. The third kappa shape index (κ3) is 5.30. The third-order valence-electron chi connectivity index (χ3n) is 6.66. The maximum atomic E-state index is 13.6. The highest BCUT2D eigenvalue weighted by Gasteiger charge is 2.62. The molecule has 0 saturated carbocycles. The third-order valence-corrected chi connectivity index (χ3v) is 6.66. The van der Waals surface area contributed by atoms with Crippen molar-refractivity contribution in [3.63, 3.8) is 0 Å². The maximum Gasteiger partial charge on any atom is 0.381 e. The molecule has 196 valence electrons. The van der Waals surface area contributed by atoms with Crippen LogP contribution in [-0.2, 0) is 44.0 Å². The van der Waals surface area contributed by atoms with Crippen molar-refractivity contribution in [2.75, 3.05) is 0 Å². The first kappa shape index (κ1) is 27.0. The standard InChI is InChI=1S/C32H32O6/c1-20(2)17-22-9-11-24(12-10-22)19-28(33)37-38-31(36)32(25-15-13-23(14-16-25)18-21(3)4)29(34)26-7-5-6-8-27(26)30(32)35/h5-16,20-21H,17-19H2,1-4H3. The summed E-state index contributed by atoms with van der Waals surface area (Å²) < 4.78 is 0. The molecule has 1 aliphatic carbocycles. The maximum absolute atomic E-state index is 13.6. The molecule has 0 saturated heterocycles. The summed E-state index contributed by atoms with van der Waals surface area (Å²) in [4.78, 5) is 63.0. The molecule has 0 atom stereocenters. The molecule has 0 radical (unpaired) electrons. The van der Waals surface area contributed by atoms with Crippen LogP contribution in [0.1, 0.15) is 70.7 Å². The van der Waals surface area contributed by atoms with E-state index in [1.165, 1.54) is 12.1 Å². The second-order valence-corrected chi connectivity index (χ2v) is 10.7. The topological polar surface area (TPSA) is 86.7 Å². The molecule has 3 aromatic carbocycles. The Labute approximate surface area is 222 Å². The molecule has 0 aromatic heterocycles. The molecule has 0 fully saturated rings. The number of hydrogen-bond donors (Lipinski definition) is 0. The summed E-state index contributed by atoms with van der Waals surface area (Å²) in [6.45, 7) is 8.43. The lowest BCUT2D eigenvalue weighted by Gasteiger charge is -2.23. The summed E-state index contributed by atoms with van der Waals surface area (Å²) >= 11 is 0. The van der Waals surface area contributed by atoms with Gasteiger partial charge in [0.05, 0.1) is 6.42 Å². The van der Waals surface area contributed by atoms with Crippen molar-refractivity contribution < 1.29 is 29.0 Å². The molecule has 0 heterocycles. The van der Waals surface area contributed by atoms with Gasteiger partial charge in [-0.05, 0) is 46.9 Å². The van der Waals surface area contributed by atoms with E-state index < -0.39 is 28.9 Å². The number of ketones is 2. The van der Waals surface area contributed by atoms with Crippen LogP contribution in [0.25, 0.3) is 0 Å². The predicted molar refractivity (Wildman–Crippen MR) is 143 cm³/mol. The highest BCUT2D eigenvalue weighted by molar-refractivity contribution is 6.42. The molecule has 0 spiro atoms. The van der Waals surface area contributed by atoms with Crippen molar-refractivity contribution >= 4 is 23.5 Å². The zero-order chi connectivity index (χ0) is 27.4. The average molecular weight is 513 g/mol. The number of rotatable bonds is 8. The van der Waals surface area contributed by atoms with Crippen LogP contribution in [0.5, 0.6) is 0 Å². The van der Waals surface area contributed by atoms with Crippen molar-refractivity contribution in [3.8, 4) is 0 Å². The van der Waals surface area contributed by atoms with Gasteiger partial charge in [0, 0.05) is 11.1 Å². The lowest BCUT2D eigenvalue weighted by atomic mass is 9.75. The Morgan fingerprint density at radius 1 is 0.658 bits per heavy atom. The highest BCUT2D eigenvalue weighted by Crippen LogP contribution is 2.41. The summed E-state index contributed by atoms with van der Waals surface area (Å²) in [5, 5.41) is 0. The molecule has 0 bridgehead atoms. The summed E-state index contributed by atoms with van der Waals surface area (Å²) in [6.07, 6.45) is 1.59. The monoisotopic (exact) mass is 512 g/mol. The number of carbonyl (C=O) groups excluding carboxylic acids is 4. The number of carbonyl (C=O) groups is 4. The highest BCUT2D eigenvalue weighted by atomic mass is 17.2. The van der Waals surface area contributed by atoms with Crippen LogP contribution >= 0.6 is 0 Å². The summed E-state index contributed by atoms with van der Waals surface area (Å²) in [6, 6.07) is 20.6. The van der Waals surface area contributed by atoms with E-state index in [0.29, 0.717) is 17.4 Å². The minimum atomic E-state index is -2.28. The zero-order valence-electron chi connectivity index (χ0n) is 22.2. The van der Waals surface area contributed by atoms with Gasteiger partial charge in [0.15, 0.2) is 11.6 Å². The Hall–Kier alpha value is -4.06. The molecule has 38 heavy (non-hydrogen) atoms. The van der Waals surface area contributed by atoms with Gasteiger partial charge in [-0.2, -0.15) is 0 Å². The van der Waals surface area contributed by atoms with Crippen LogP contribution in [0.2, 0.25) is 0 Å². The van der Waals surface area contributed by atoms with Gasteiger partial charge in [-0.25, -0.2) is 19.4 Å². The van der Waals surface area contributed by atoms with Crippen molar-refractivity contribution in [1.82, 2.24) is 0 Å². The van der Waals surface area contributed by atoms with E-state index in [-0.39, 0.29) is 23.1 Å². The largest absolute Gasteiger partial charge is 0.381 e. The Morgan fingerprint density at radius 2 is 1.11 bits per heavy atom. The smallest absolute Gasteiger partial charge is 0.292 e. The van der Waals surface area contributed by atoms with E-state index in [4.69, 9.17) is 9.78 Å². The van der Waals surface area contributed by atoms with E-state index >= 15 is 0 Å². The van der Waals surface area contributed by atoms with Gasteiger partial charge >= 0.3 is 11.9 Å². The van der Waals surface area contributed by atoms with Crippen molar-refractivity contribution in [3.05, 3.63) is 106 Å². The minimum Gasteiger partial charge on any atom is -0.292 e. The van der Waals surface area contributed by atoms with Crippen LogP contribution in [0.4, 0.5) is 0 Å².